The molecule has 0 saturated carbocycles. The molecule has 0 unspecified atom stereocenters. The van der Waals surface area contributed by atoms with Crippen LogP contribution in [0.15, 0.2) is 47.4 Å². The smallest absolute Gasteiger partial charge is 0.416 e. The number of methoxy groups -OCH3 is 1. The molecular formula is C21H22F3NO6S. The van der Waals surface area contributed by atoms with Crippen molar-refractivity contribution in [3.63, 3.8) is 0 Å². The highest BCUT2D eigenvalue weighted by Crippen LogP contribution is 2.32. The summed E-state index contributed by atoms with van der Waals surface area (Å²) in [4.78, 5) is 12.2. The van der Waals surface area contributed by atoms with Crippen LogP contribution in [0, 0.1) is 0 Å². The molecule has 0 amide bonds. The van der Waals surface area contributed by atoms with Crippen molar-refractivity contribution in [2.24, 2.45) is 0 Å². The van der Waals surface area contributed by atoms with Crippen molar-refractivity contribution in [3.05, 3.63) is 59.2 Å². The first-order valence-corrected chi connectivity index (χ1v) is 11.1. The van der Waals surface area contributed by atoms with Gasteiger partial charge in [0.1, 0.15) is 17.3 Å². The van der Waals surface area contributed by atoms with Crippen molar-refractivity contribution in [3.8, 4) is 5.75 Å². The van der Waals surface area contributed by atoms with Crippen LogP contribution in [0.5, 0.6) is 5.75 Å². The van der Waals surface area contributed by atoms with Gasteiger partial charge in [-0.1, -0.05) is 24.3 Å². The lowest BCUT2D eigenvalue weighted by molar-refractivity contribution is -0.147. The zero-order chi connectivity index (χ0) is 23.4. The third kappa shape index (κ3) is 5.59. The van der Waals surface area contributed by atoms with Crippen LogP contribution in [0.25, 0.3) is 0 Å². The highest BCUT2D eigenvalue weighted by molar-refractivity contribution is 7.89. The largest absolute Gasteiger partial charge is 0.495 e. The first kappa shape index (κ1) is 24.0. The summed E-state index contributed by atoms with van der Waals surface area (Å²) in [6.45, 7) is 0.371. The number of hydrogen-bond donors (Lipinski definition) is 0. The van der Waals surface area contributed by atoms with Crippen LogP contribution >= 0.6 is 0 Å². The van der Waals surface area contributed by atoms with E-state index in [-0.39, 0.29) is 48.9 Å². The Balaban J connectivity index is 1.74. The summed E-state index contributed by atoms with van der Waals surface area (Å²) in [6, 6.07) is 9.06. The quantitative estimate of drug-likeness (QED) is 0.575. The molecule has 3 rings (SSSR count). The first-order valence-electron chi connectivity index (χ1n) is 9.68. The molecule has 1 aliphatic heterocycles. The molecule has 0 bridgehead atoms. The van der Waals surface area contributed by atoms with Gasteiger partial charge in [0.2, 0.25) is 10.0 Å². The van der Waals surface area contributed by atoms with Crippen molar-refractivity contribution in [2.45, 2.75) is 24.1 Å². The van der Waals surface area contributed by atoms with Gasteiger partial charge in [0.15, 0.2) is 0 Å². The lowest BCUT2D eigenvalue weighted by Gasteiger charge is -2.26. The fourth-order valence-corrected chi connectivity index (χ4v) is 4.87. The fourth-order valence-electron chi connectivity index (χ4n) is 3.26. The van der Waals surface area contributed by atoms with Gasteiger partial charge in [-0.25, -0.2) is 8.42 Å². The number of carbonyl (C=O) groups excluding carboxylic acids is 1. The van der Waals surface area contributed by atoms with Crippen LogP contribution in [0.4, 0.5) is 13.2 Å². The Morgan fingerprint density at radius 2 is 1.81 bits per heavy atom. The average Bonchev–Trinajstić information content (AvgIpc) is 2.78. The zero-order valence-electron chi connectivity index (χ0n) is 17.2. The number of halogens is 3. The predicted octanol–water partition coefficient (Wildman–Crippen LogP) is 3.02. The van der Waals surface area contributed by atoms with E-state index in [1.807, 2.05) is 0 Å². The Labute approximate surface area is 183 Å². The van der Waals surface area contributed by atoms with Crippen molar-refractivity contribution >= 4 is 16.0 Å². The van der Waals surface area contributed by atoms with Gasteiger partial charge in [-0.2, -0.15) is 17.5 Å². The maximum atomic E-state index is 13.1. The molecule has 0 aromatic heterocycles. The topological polar surface area (TPSA) is 82.1 Å². The Kier molecular flexibility index (Phi) is 7.42. The molecule has 2 aromatic rings. The molecule has 32 heavy (non-hydrogen) atoms. The van der Waals surface area contributed by atoms with Crippen molar-refractivity contribution in [1.82, 2.24) is 4.31 Å². The average molecular weight is 473 g/mol. The minimum absolute atomic E-state index is 0.102. The molecule has 1 saturated heterocycles. The molecule has 7 nitrogen and oxygen atoms in total. The lowest BCUT2D eigenvalue weighted by atomic mass is 10.1. The number of morpholine rings is 1. The third-order valence-corrected chi connectivity index (χ3v) is 6.80. The number of carbonyl (C=O) groups is 1. The van der Waals surface area contributed by atoms with E-state index < -0.39 is 34.3 Å². The molecule has 174 valence electrons. The summed E-state index contributed by atoms with van der Waals surface area (Å²) in [5, 5.41) is 0. The van der Waals surface area contributed by atoms with Gasteiger partial charge in [-0.05, 0) is 23.8 Å². The molecule has 0 atom stereocenters. The van der Waals surface area contributed by atoms with Gasteiger partial charge in [0.25, 0.3) is 0 Å². The molecule has 1 fully saturated rings. The number of hydrogen-bond acceptors (Lipinski definition) is 6. The van der Waals surface area contributed by atoms with Crippen LogP contribution < -0.4 is 4.74 Å². The summed E-state index contributed by atoms with van der Waals surface area (Å²) < 4.78 is 81.9. The second-order valence-electron chi connectivity index (χ2n) is 6.99. The molecule has 11 heteroatoms. The van der Waals surface area contributed by atoms with Crippen molar-refractivity contribution < 1.29 is 40.6 Å². The molecule has 1 heterocycles. The predicted molar refractivity (Wildman–Crippen MR) is 108 cm³/mol. The number of rotatable bonds is 7. The van der Waals surface area contributed by atoms with Crippen LogP contribution in [0.1, 0.15) is 16.7 Å². The molecule has 1 aliphatic rings. The number of nitrogens with zero attached hydrogens (tertiary/aromatic N) is 1. The van der Waals surface area contributed by atoms with E-state index in [0.29, 0.717) is 5.56 Å². The minimum atomic E-state index is -4.57. The monoisotopic (exact) mass is 473 g/mol. The Bertz CT molecular complexity index is 1070. The summed E-state index contributed by atoms with van der Waals surface area (Å²) in [5.41, 5.74) is -0.721. The van der Waals surface area contributed by atoms with E-state index >= 15 is 0 Å². The Morgan fingerprint density at radius 3 is 2.47 bits per heavy atom. The van der Waals surface area contributed by atoms with E-state index in [2.05, 4.69) is 0 Å². The molecule has 0 N–H and O–H groups in total. The fraction of sp³-hybridized carbons (Fsp3) is 0.381. The SMILES string of the molecule is COc1ccc(CC(=O)OCc2ccccc2C(F)(F)F)cc1S(=O)(=O)N1CCOCC1. The Hall–Kier alpha value is -2.63. The van der Waals surface area contributed by atoms with Gasteiger partial charge in [-0.3, -0.25) is 4.79 Å². The van der Waals surface area contributed by atoms with Crippen LogP contribution in [0.2, 0.25) is 0 Å². The van der Waals surface area contributed by atoms with Crippen molar-refractivity contribution in [1.29, 1.82) is 0 Å². The summed E-state index contributed by atoms with van der Waals surface area (Å²) >= 11 is 0. The van der Waals surface area contributed by atoms with Gasteiger partial charge in [0.05, 0.1) is 32.3 Å². The van der Waals surface area contributed by atoms with Crippen LogP contribution in [0.3, 0.4) is 0 Å². The third-order valence-electron chi connectivity index (χ3n) is 4.88. The van der Waals surface area contributed by atoms with Gasteiger partial charge in [0, 0.05) is 18.7 Å². The van der Waals surface area contributed by atoms with Gasteiger partial charge >= 0.3 is 12.1 Å². The van der Waals surface area contributed by atoms with E-state index in [1.165, 1.54) is 47.8 Å². The summed E-state index contributed by atoms with van der Waals surface area (Å²) in [5.74, 6) is -0.672. The molecule has 0 spiro atoms. The van der Waals surface area contributed by atoms with Gasteiger partial charge < -0.3 is 14.2 Å². The van der Waals surface area contributed by atoms with Gasteiger partial charge in [-0.15, -0.1) is 0 Å². The normalized spacial score (nSPS) is 15.4. The van der Waals surface area contributed by atoms with E-state index in [0.717, 1.165) is 6.07 Å². The van der Waals surface area contributed by atoms with E-state index in [4.69, 9.17) is 14.2 Å². The molecule has 0 aliphatic carbocycles. The minimum Gasteiger partial charge on any atom is -0.495 e. The van der Waals surface area contributed by atoms with E-state index in [1.54, 1.807) is 0 Å². The standard InChI is InChI=1S/C21H22F3NO6S/c1-29-18-7-6-15(12-19(18)32(27,28)25-8-10-30-11-9-25)13-20(26)31-14-16-4-2-3-5-17(16)21(22,23)24/h2-7,12H,8-11,13-14H2,1H3. The molecule has 0 radical (unpaired) electrons. The lowest BCUT2D eigenvalue weighted by Crippen LogP contribution is -2.40. The highest BCUT2D eigenvalue weighted by atomic mass is 32.2. The number of benzene rings is 2. The summed E-state index contributed by atoms with van der Waals surface area (Å²) in [7, 11) is -2.56. The second kappa shape index (κ2) is 9.88. The maximum absolute atomic E-state index is 13.1. The number of sulfonamides is 1. The molecular weight excluding hydrogens is 451 g/mol. The molecule has 2 aromatic carbocycles. The van der Waals surface area contributed by atoms with Crippen LogP contribution in [-0.4, -0.2) is 52.1 Å². The summed E-state index contributed by atoms with van der Waals surface area (Å²) in [6.07, 6.45) is -4.88. The highest BCUT2D eigenvalue weighted by Gasteiger charge is 2.33. The number of ether oxygens (including phenoxy) is 3. The Morgan fingerprint density at radius 1 is 1.12 bits per heavy atom. The number of esters is 1. The maximum Gasteiger partial charge on any atom is 0.416 e. The first-order chi connectivity index (χ1) is 15.1. The van der Waals surface area contributed by atoms with E-state index in [9.17, 15) is 26.4 Å². The zero-order valence-corrected chi connectivity index (χ0v) is 18.0. The number of alkyl halides is 3. The van der Waals surface area contributed by atoms with Crippen molar-refractivity contribution in [2.75, 3.05) is 33.4 Å². The second-order valence-corrected chi connectivity index (χ2v) is 8.90. The van der Waals surface area contributed by atoms with Crippen LogP contribution in [-0.2, 0) is 43.5 Å².